The van der Waals surface area contributed by atoms with Gasteiger partial charge in [-0.15, -0.1) is 0 Å². The fourth-order valence-corrected chi connectivity index (χ4v) is 2.12. The maximum Gasteiger partial charge on any atom is 0.252 e. The highest BCUT2D eigenvalue weighted by Gasteiger charge is 2.29. The maximum absolute atomic E-state index is 12.0. The molecule has 0 aliphatic carbocycles. The lowest BCUT2D eigenvalue weighted by atomic mass is 10.0. The Labute approximate surface area is 118 Å². The molecule has 0 saturated carbocycles. The van der Waals surface area contributed by atoms with Gasteiger partial charge in [0.15, 0.2) is 0 Å². The van der Waals surface area contributed by atoms with E-state index in [0.717, 1.165) is 5.56 Å². The van der Waals surface area contributed by atoms with Crippen molar-refractivity contribution in [3.63, 3.8) is 0 Å². The molecule has 2 N–H and O–H groups in total. The molecule has 1 aliphatic rings. The number of methoxy groups -OCH3 is 1. The van der Waals surface area contributed by atoms with Gasteiger partial charge >= 0.3 is 0 Å². The molecule has 0 unspecified atom stereocenters. The first-order valence-electron chi connectivity index (χ1n) is 6.64. The van der Waals surface area contributed by atoms with Gasteiger partial charge in [-0.25, -0.2) is 0 Å². The van der Waals surface area contributed by atoms with E-state index in [9.17, 15) is 9.59 Å². The molecule has 108 valence electrons. The number of rotatable bonds is 5. The first-order valence-corrected chi connectivity index (χ1v) is 6.64. The number of nitrogens with one attached hydrogen (secondary N) is 2. The minimum atomic E-state index is -0.396. The summed E-state index contributed by atoms with van der Waals surface area (Å²) in [6.07, 6.45) is 0.239. The van der Waals surface area contributed by atoms with Crippen molar-refractivity contribution in [3.05, 3.63) is 35.4 Å². The number of benzene rings is 1. The Morgan fingerprint density at radius 3 is 2.80 bits per heavy atom. The number of carbonyl (C=O) groups is 2. The highest BCUT2D eigenvalue weighted by molar-refractivity contribution is 5.99. The SMILES string of the molecule is COC(C)(C)CNC(=O)C[C@H]1NC(=O)c2ccccc21. The van der Waals surface area contributed by atoms with E-state index in [0.29, 0.717) is 12.1 Å². The predicted molar refractivity (Wildman–Crippen MR) is 75.4 cm³/mol. The van der Waals surface area contributed by atoms with Gasteiger partial charge in [0.25, 0.3) is 5.91 Å². The average Bonchev–Trinajstić information content (AvgIpc) is 2.74. The lowest BCUT2D eigenvalue weighted by molar-refractivity contribution is -0.122. The molecule has 5 heteroatoms. The molecule has 1 aromatic carbocycles. The zero-order chi connectivity index (χ0) is 14.8. The summed E-state index contributed by atoms with van der Waals surface area (Å²) >= 11 is 0. The van der Waals surface area contributed by atoms with Gasteiger partial charge in [0, 0.05) is 19.2 Å². The third-order valence-corrected chi connectivity index (χ3v) is 3.54. The van der Waals surface area contributed by atoms with E-state index in [1.165, 1.54) is 0 Å². The van der Waals surface area contributed by atoms with Crippen molar-refractivity contribution >= 4 is 11.8 Å². The average molecular weight is 276 g/mol. The van der Waals surface area contributed by atoms with Crippen molar-refractivity contribution < 1.29 is 14.3 Å². The van der Waals surface area contributed by atoms with Crippen LogP contribution in [0.5, 0.6) is 0 Å². The van der Waals surface area contributed by atoms with Crippen LogP contribution in [0.4, 0.5) is 0 Å². The lowest BCUT2D eigenvalue weighted by Crippen LogP contribution is -2.40. The topological polar surface area (TPSA) is 67.4 Å². The smallest absolute Gasteiger partial charge is 0.252 e. The summed E-state index contributed by atoms with van der Waals surface area (Å²) in [5, 5.41) is 5.66. The molecule has 0 aromatic heterocycles. The number of ether oxygens (including phenoxy) is 1. The van der Waals surface area contributed by atoms with Crippen LogP contribution in [0, 0.1) is 0 Å². The van der Waals surface area contributed by atoms with Crippen LogP contribution in [-0.4, -0.2) is 31.1 Å². The van der Waals surface area contributed by atoms with E-state index >= 15 is 0 Å². The molecule has 2 rings (SSSR count). The number of amides is 2. The summed E-state index contributed by atoms with van der Waals surface area (Å²) in [6, 6.07) is 7.10. The molecule has 0 spiro atoms. The molecule has 0 fully saturated rings. The normalized spacial score (nSPS) is 17.6. The van der Waals surface area contributed by atoms with Gasteiger partial charge in [-0.1, -0.05) is 18.2 Å². The molecule has 20 heavy (non-hydrogen) atoms. The van der Waals surface area contributed by atoms with E-state index in [-0.39, 0.29) is 24.3 Å². The Morgan fingerprint density at radius 1 is 1.40 bits per heavy atom. The third-order valence-electron chi connectivity index (χ3n) is 3.54. The van der Waals surface area contributed by atoms with Crippen LogP contribution in [0.25, 0.3) is 0 Å². The summed E-state index contributed by atoms with van der Waals surface area (Å²) in [5.74, 6) is -0.215. The van der Waals surface area contributed by atoms with Gasteiger partial charge in [-0.2, -0.15) is 0 Å². The van der Waals surface area contributed by atoms with Crippen LogP contribution in [-0.2, 0) is 9.53 Å². The Morgan fingerprint density at radius 2 is 2.10 bits per heavy atom. The number of hydrogen-bond acceptors (Lipinski definition) is 3. The predicted octanol–water partition coefficient (Wildman–Crippen LogP) is 1.40. The largest absolute Gasteiger partial charge is 0.377 e. The van der Waals surface area contributed by atoms with Crippen molar-refractivity contribution in [2.75, 3.05) is 13.7 Å². The van der Waals surface area contributed by atoms with Crippen LogP contribution in [0.15, 0.2) is 24.3 Å². The minimum Gasteiger partial charge on any atom is -0.377 e. The van der Waals surface area contributed by atoms with Crippen molar-refractivity contribution in [3.8, 4) is 0 Å². The van der Waals surface area contributed by atoms with Gasteiger partial charge in [-0.3, -0.25) is 9.59 Å². The van der Waals surface area contributed by atoms with Crippen LogP contribution in [0.3, 0.4) is 0 Å². The molecule has 1 heterocycles. The van der Waals surface area contributed by atoms with Gasteiger partial charge in [0.1, 0.15) is 0 Å². The van der Waals surface area contributed by atoms with Gasteiger partial charge in [0.05, 0.1) is 18.1 Å². The fourth-order valence-electron chi connectivity index (χ4n) is 2.12. The molecule has 2 amide bonds. The number of carbonyl (C=O) groups excluding carboxylic acids is 2. The molecular formula is C15H20N2O3. The first kappa shape index (κ1) is 14.5. The summed E-state index contributed by atoms with van der Waals surface area (Å²) in [5.41, 5.74) is 1.15. The summed E-state index contributed by atoms with van der Waals surface area (Å²) in [4.78, 5) is 23.7. The van der Waals surface area contributed by atoms with Crippen molar-refractivity contribution in [1.29, 1.82) is 0 Å². The molecule has 1 aromatic rings. The monoisotopic (exact) mass is 276 g/mol. The Bertz CT molecular complexity index is 526. The second kappa shape index (κ2) is 5.63. The second-order valence-electron chi connectivity index (χ2n) is 5.56. The number of fused-ring (bicyclic) bond motifs is 1. The van der Waals surface area contributed by atoms with E-state index in [1.54, 1.807) is 13.2 Å². The van der Waals surface area contributed by atoms with Gasteiger partial charge in [0.2, 0.25) is 5.91 Å². The molecule has 0 bridgehead atoms. The zero-order valence-electron chi connectivity index (χ0n) is 12.0. The first-order chi connectivity index (χ1) is 9.43. The molecule has 0 saturated heterocycles. The number of hydrogen-bond donors (Lipinski definition) is 2. The summed E-state index contributed by atoms with van der Waals surface area (Å²) in [7, 11) is 1.61. The molecule has 0 radical (unpaired) electrons. The molecule has 1 atom stereocenters. The van der Waals surface area contributed by atoms with E-state index in [4.69, 9.17) is 4.74 Å². The zero-order valence-corrected chi connectivity index (χ0v) is 12.0. The van der Waals surface area contributed by atoms with Gasteiger partial charge < -0.3 is 15.4 Å². The third kappa shape index (κ3) is 3.17. The van der Waals surface area contributed by atoms with E-state index in [1.807, 2.05) is 32.0 Å². The van der Waals surface area contributed by atoms with Gasteiger partial charge in [-0.05, 0) is 25.5 Å². The highest BCUT2D eigenvalue weighted by atomic mass is 16.5. The van der Waals surface area contributed by atoms with Crippen LogP contribution < -0.4 is 10.6 Å². The summed E-state index contributed by atoms with van der Waals surface area (Å²) in [6.45, 7) is 4.24. The van der Waals surface area contributed by atoms with E-state index in [2.05, 4.69) is 10.6 Å². The Balaban J connectivity index is 1.95. The molecule has 5 nitrogen and oxygen atoms in total. The lowest BCUT2D eigenvalue weighted by Gasteiger charge is -2.23. The Kier molecular flexibility index (Phi) is 4.09. The fraction of sp³-hybridized carbons (Fsp3) is 0.467. The summed E-state index contributed by atoms with van der Waals surface area (Å²) < 4.78 is 5.25. The standard InChI is InChI=1S/C15H20N2O3/c1-15(2,20-3)9-16-13(18)8-12-10-6-4-5-7-11(10)14(19)17-12/h4-7,12H,8-9H2,1-3H3,(H,16,18)(H,17,19)/t12-/m1/s1. The second-order valence-corrected chi connectivity index (χ2v) is 5.56. The quantitative estimate of drug-likeness (QED) is 0.854. The molecule has 1 aliphatic heterocycles. The minimum absolute atomic E-state index is 0.0999. The van der Waals surface area contributed by atoms with Crippen molar-refractivity contribution in [2.45, 2.75) is 31.9 Å². The van der Waals surface area contributed by atoms with Crippen LogP contribution in [0.2, 0.25) is 0 Å². The van der Waals surface area contributed by atoms with Crippen LogP contribution in [0.1, 0.15) is 42.2 Å². The maximum atomic E-state index is 12.0. The Hall–Kier alpha value is -1.88. The van der Waals surface area contributed by atoms with Crippen molar-refractivity contribution in [2.24, 2.45) is 0 Å². The van der Waals surface area contributed by atoms with Crippen LogP contribution >= 0.6 is 0 Å². The van der Waals surface area contributed by atoms with Crippen molar-refractivity contribution in [1.82, 2.24) is 10.6 Å². The molecular weight excluding hydrogens is 256 g/mol. The van der Waals surface area contributed by atoms with E-state index < -0.39 is 5.60 Å². The highest BCUT2D eigenvalue weighted by Crippen LogP contribution is 2.27.